The molecule has 0 bridgehead atoms. The van der Waals surface area contributed by atoms with Gasteiger partial charge >= 0.3 is 6.18 Å². The van der Waals surface area contributed by atoms with Crippen LogP contribution < -0.4 is 10.6 Å². The minimum Gasteiger partial charge on any atom is -0.326 e. The van der Waals surface area contributed by atoms with E-state index in [4.69, 9.17) is 0 Å². The van der Waals surface area contributed by atoms with Gasteiger partial charge in [-0.15, -0.1) is 11.3 Å². The van der Waals surface area contributed by atoms with Crippen LogP contribution in [0.25, 0.3) is 6.08 Å². The number of anilines is 2. The molecule has 0 aliphatic heterocycles. The molecule has 2 amide bonds. The van der Waals surface area contributed by atoms with Crippen molar-refractivity contribution in [1.82, 2.24) is 4.98 Å². The average Bonchev–Trinajstić information content (AvgIpc) is 3.13. The van der Waals surface area contributed by atoms with Crippen molar-refractivity contribution in [3.8, 4) is 0 Å². The van der Waals surface area contributed by atoms with Crippen LogP contribution in [0.4, 0.5) is 24.0 Å². The van der Waals surface area contributed by atoms with Crippen LogP contribution in [0.2, 0.25) is 0 Å². The molecule has 0 fully saturated rings. The highest BCUT2D eigenvalue weighted by Crippen LogP contribution is 2.30. The van der Waals surface area contributed by atoms with E-state index in [2.05, 4.69) is 15.6 Å². The maximum absolute atomic E-state index is 12.7. The fraction of sp³-hybridized carbons (Fsp3) is 0.0952. The fourth-order valence-corrected chi connectivity index (χ4v) is 3.18. The van der Waals surface area contributed by atoms with E-state index in [1.165, 1.54) is 18.2 Å². The minimum absolute atomic E-state index is 0.0460. The Morgan fingerprint density at radius 2 is 1.80 bits per heavy atom. The first kappa shape index (κ1) is 21.3. The van der Waals surface area contributed by atoms with Crippen molar-refractivity contribution in [2.45, 2.75) is 12.6 Å². The Hall–Kier alpha value is -3.46. The van der Waals surface area contributed by atoms with E-state index >= 15 is 0 Å². The van der Waals surface area contributed by atoms with Gasteiger partial charge in [0.15, 0.2) is 5.13 Å². The summed E-state index contributed by atoms with van der Waals surface area (Å²) in [6.45, 7) is 0. The van der Waals surface area contributed by atoms with Crippen LogP contribution in [0, 0.1) is 0 Å². The summed E-state index contributed by atoms with van der Waals surface area (Å²) in [5, 5.41) is 6.94. The first-order chi connectivity index (χ1) is 14.3. The molecule has 0 radical (unpaired) electrons. The molecule has 154 valence electrons. The zero-order valence-corrected chi connectivity index (χ0v) is 16.3. The van der Waals surface area contributed by atoms with E-state index in [0.29, 0.717) is 10.8 Å². The molecular weight excluding hydrogens is 415 g/mol. The molecule has 30 heavy (non-hydrogen) atoms. The lowest BCUT2D eigenvalue weighted by Crippen LogP contribution is -2.15. The van der Waals surface area contributed by atoms with Crippen molar-refractivity contribution in [2.24, 2.45) is 0 Å². The molecule has 5 nitrogen and oxygen atoms in total. The van der Waals surface area contributed by atoms with Gasteiger partial charge in [0, 0.05) is 17.1 Å². The Kier molecular flexibility index (Phi) is 6.63. The number of benzene rings is 2. The zero-order valence-electron chi connectivity index (χ0n) is 15.4. The van der Waals surface area contributed by atoms with Crippen LogP contribution in [0.15, 0.2) is 66.1 Å². The summed E-state index contributed by atoms with van der Waals surface area (Å²) < 4.78 is 38.2. The van der Waals surface area contributed by atoms with Gasteiger partial charge in [0.1, 0.15) is 0 Å². The lowest BCUT2D eigenvalue weighted by atomic mass is 10.2. The van der Waals surface area contributed by atoms with E-state index in [0.717, 1.165) is 29.0 Å². The number of alkyl halides is 3. The summed E-state index contributed by atoms with van der Waals surface area (Å²) in [6, 6.07) is 13.7. The van der Waals surface area contributed by atoms with Gasteiger partial charge in [0.2, 0.25) is 11.8 Å². The molecular formula is C21H16F3N3O2S. The number of hydrogen-bond acceptors (Lipinski definition) is 4. The van der Waals surface area contributed by atoms with Crippen LogP contribution in [-0.4, -0.2) is 16.8 Å². The molecule has 0 aliphatic rings. The number of amides is 2. The Labute approximate surface area is 174 Å². The number of hydrogen-bond donors (Lipinski definition) is 2. The van der Waals surface area contributed by atoms with Crippen molar-refractivity contribution in [1.29, 1.82) is 0 Å². The van der Waals surface area contributed by atoms with Crippen LogP contribution in [0.5, 0.6) is 0 Å². The number of halogens is 3. The highest BCUT2D eigenvalue weighted by atomic mass is 32.1. The molecule has 3 aromatic rings. The van der Waals surface area contributed by atoms with Crippen molar-refractivity contribution in [2.75, 3.05) is 10.6 Å². The fourth-order valence-electron chi connectivity index (χ4n) is 2.47. The van der Waals surface area contributed by atoms with Gasteiger partial charge in [-0.05, 0) is 29.8 Å². The molecule has 0 unspecified atom stereocenters. The third-order valence-corrected chi connectivity index (χ3v) is 4.63. The van der Waals surface area contributed by atoms with E-state index in [1.807, 2.05) is 30.3 Å². The molecule has 0 atom stereocenters. The molecule has 1 heterocycles. The van der Waals surface area contributed by atoms with E-state index < -0.39 is 17.6 Å². The monoisotopic (exact) mass is 431 g/mol. The number of thiazole rings is 1. The normalized spacial score (nSPS) is 11.4. The van der Waals surface area contributed by atoms with Gasteiger partial charge in [0.25, 0.3) is 0 Å². The quantitative estimate of drug-likeness (QED) is 0.540. The van der Waals surface area contributed by atoms with Gasteiger partial charge < -0.3 is 5.32 Å². The second kappa shape index (κ2) is 9.36. The number of rotatable bonds is 6. The van der Waals surface area contributed by atoms with Gasteiger partial charge in [0.05, 0.1) is 17.7 Å². The Morgan fingerprint density at radius 3 is 2.53 bits per heavy atom. The number of carbonyl (C=O) groups is 2. The third kappa shape index (κ3) is 6.28. The van der Waals surface area contributed by atoms with Gasteiger partial charge in [-0.3, -0.25) is 14.9 Å². The SMILES string of the molecule is O=C(/C=C/c1ccccc1)Nc1nc(CC(=O)Nc2cccc(C(F)(F)F)c2)cs1. The summed E-state index contributed by atoms with van der Waals surface area (Å²) in [6.07, 6.45) is -1.59. The molecule has 2 N–H and O–H groups in total. The maximum Gasteiger partial charge on any atom is 0.416 e. The summed E-state index contributed by atoms with van der Waals surface area (Å²) in [4.78, 5) is 28.2. The molecule has 2 aromatic carbocycles. The maximum atomic E-state index is 12.7. The van der Waals surface area contributed by atoms with Crippen molar-refractivity contribution in [3.05, 3.63) is 82.9 Å². The van der Waals surface area contributed by atoms with Crippen molar-refractivity contribution >= 4 is 40.0 Å². The van der Waals surface area contributed by atoms with Crippen LogP contribution in [0.1, 0.15) is 16.8 Å². The van der Waals surface area contributed by atoms with Crippen molar-refractivity contribution in [3.63, 3.8) is 0 Å². The standard InChI is InChI=1S/C21H16F3N3O2S/c22-21(23,24)15-7-4-8-16(11-15)25-19(29)12-17-13-30-20(26-17)27-18(28)10-9-14-5-2-1-3-6-14/h1-11,13H,12H2,(H,25,29)(H,26,27,28)/b10-9+. The van der Waals surface area contributed by atoms with E-state index in [1.54, 1.807) is 11.5 Å². The highest BCUT2D eigenvalue weighted by Gasteiger charge is 2.30. The molecule has 9 heteroatoms. The second-order valence-electron chi connectivity index (χ2n) is 6.18. The zero-order chi connectivity index (χ0) is 21.6. The lowest BCUT2D eigenvalue weighted by Gasteiger charge is -2.09. The topological polar surface area (TPSA) is 71.1 Å². The minimum atomic E-state index is -4.49. The molecule has 0 aliphatic carbocycles. The Balaban J connectivity index is 1.54. The summed E-state index contributed by atoms with van der Waals surface area (Å²) in [5.74, 6) is -0.880. The number of carbonyl (C=O) groups excluding carboxylic acids is 2. The first-order valence-corrected chi connectivity index (χ1v) is 9.63. The number of nitrogens with zero attached hydrogens (tertiary/aromatic N) is 1. The first-order valence-electron chi connectivity index (χ1n) is 8.75. The second-order valence-corrected chi connectivity index (χ2v) is 7.04. The van der Waals surface area contributed by atoms with Gasteiger partial charge in [-0.1, -0.05) is 36.4 Å². The van der Waals surface area contributed by atoms with Crippen LogP contribution >= 0.6 is 11.3 Å². The van der Waals surface area contributed by atoms with Gasteiger partial charge in [-0.2, -0.15) is 13.2 Å². The average molecular weight is 431 g/mol. The summed E-state index contributed by atoms with van der Waals surface area (Å²) in [7, 11) is 0. The lowest BCUT2D eigenvalue weighted by molar-refractivity contribution is -0.137. The predicted molar refractivity (Wildman–Crippen MR) is 110 cm³/mol. The van der Waals surface area contributed by atoms with Crippen LogP contribution in [0.3, 0.4) is 0 Å². The van der Waals surface area contributed by atoms with Crippen molar-refractivity contribution < 1.29 is 22.8 Å². The Bertz CT molecular complexity index is 1060. The Morgan fingerprint density at radius 1 is 1.03 bits per heavy atom. The summed E-state index contributed by atoms with van der Waals surface area (Å²) in [5.41, 5.74) is 0.470. The molecule has 1 aromatic heterocycles. The predicted octanol–water partition coefficient (Wildman–Crippen LogP) is 5.00. The molecule has 0 saturated heterocycles. The molecule has 0 spiro atoms. The summed E-state index contributed by atoms with van der Waals surface area (Å²) >= 11 is 1.15. The largest absolute Gasteiger partial charge is 0.416 e. The highest BCUT2D eigenvalue weighted by molar-refractivity contribution is 7.14. The molecule has 3 rings (SSSR count). The number of aromatic nitrogens is 1. The third-order valence-electron chi connectivity index (χ3n) is 3.82. The van der Waals surface area contributed by atoms with Crippen LogP contribution in [-0.2, 0) is 22.2 Å². The van der Waals surface area contributed by atoms with E-state index in [-0.39, 0.29) is 18.0 Å². The van der Waals surface area contributed by atoms with Gasteiger partial charge in [-0.25, -0.2) is 4.98 Å². The van der Waals surface area contributed by atoms with E-state index in [9.17, 15) is 22.8 Å². The smallest absolute Gasteiger partial charge is 0.326 e. The number of nitrogens with one attached hydrogen (secondary N) is 2. The molecule has 0 saturated carbocycles.